The minimum atomic E-state index is -0.0250. The molecular weight excluding hydrogens is 338 g/mol. The zero-order chi connectivity index (χ0) is 18.9. The number of benzene rings is 2. The molecule has 1 saturated heterocycles. The summed E-state index contributed by atoms with van der Waals surface area (Å²) in [5, 5.41) is 3.01. The number of carbonyl (C=O) groups excluding carboxylic acids is 1. The van der Waals surface area contributed by atoms with Crippen LogP contribution >= 0.6 is 0 Å². The van der Waals surface area contributed by atoms with Crippen molar-refractivity contribution >= 4 is 5.91 Å². The van der Waals surface area contributed by atoms with Crippen LogP contribution in [0.1, 0.15) is 22.3 Å². The van der Waals surface area contributed by atoms with E-state index in [1.807, 2.05) is 54.6 Å². The molecule has 1 aliphatic heterocycles. The van der Waals surface area contributed by atoms with Crippen LogP contribution in [0.25, 0.3) is 0 Å². The number of ether oxygens (including phenoxy) is 1. The fourth-order valence-corrected chi connectivity index (χ4v) is 3.12. The van der Waals surface area contributed by atoms with Gasteiger partial charge in [0.2, 0.25) is 0 Å². The second kappa shape index (κ2) is 10.1. The Labute approximate surface area is 161 Å². The molecule has 1 heterocycles. The van der Waals surface area contributed by atoms with Gasteiger partial charge >= 0.3 is 0 Å². The molecule has 2 aromatic rings. The number of likely N-dealkylation sites (N-methyl/N-ethyl adjacent to an activating group) is 1. The van der Waals surface area contributed by atoms with Gasteiger partial charge in [0.25, 0.3) is 5.91 Å². The Kier molecular flexibility index (Phi) is 7.25. The second-order valence-electron chi connectivity index (χ2n) is 7.05. The molecule has 5 nitrogen and oxygen atoms in total. The van der Waals surface area contributed by atoms with Crippen molar-refractivity contribution in [2.24, 2.45) is 0 Å². The van der Waals surface area contributed by atoms with Crippen LogP contribution in [0, 0.1) is 0 Å². The summed E-state index contributed by atoms with van der Waals surface area (Å²) in [6, 6.07) is 17.4. The molecule has 3 rings (SSSR count). The van der Waals surface area contributed by atoms with Crippen molar-refractivity contribution < 1.29 is 9.53 Å². The van der Waals surface area contributed by atoms with E-state index in [0.29, 0.717) is 18.7 Å². The number of nitrogens with one attached hydrogen (secondary N) is 1. The molecule has 5 heteroatoms. The number of hydrogen-bond acceptors (Lipinski definition) is 4. The van der Waals surface area contributed by atoms with Crippen LogP contribution in [0.4, 0.5) is 0 Å². The van der Waals surface area contributed by atoms with E-state index in [1.165, 1.54) is 0 Å². The first-order valence-electron chi connectivity index (χ1n) is 9.66. The Morgan fingerprint density at radius 1 is 1.00 bits per heavy atom. The molecular formula is C22H29N3O2. The fourth-order valence-electron chi connectivity index (χ4n) is 3.12. The van der Waals surface area contributed by atoms with Gasteiger partial charge in [0.15, 0.2) is 0 Å². The molecule has 1 amide bonds. The molecule has 1 N–H and O–H groups in total. The zero-order valence-corrected chi connectivity index (χ0v) is 16.1. The third kappa shape index (κ3) is 6.38. The number of carbonyl (C=O) groups is 1. The van der Waals surface area contributed by atoms with E-state index in [0.717, 1.165) is 50.5 Å². The summed E-state index contributed by atoms with van der Waals surface area (Å²) < 4.78 is 5.76. The van der Waals surface area contributed by atoms with E-state index < -0.39 is 0 Å². The lowest BCUT2D eigenvalue weighted by molar-refractivity contribution is 0.0949. The van der Waals surface area contributed by atoms with Gasteiger partial charge in [0.05, 0.1) is 0 Å². The molecule has 0 saturated carbocycles. The van der Waals surface area contributed by atoms with E-state index in [4.69, 9.17) is 4.74 Å². The minimum Gasteiger partial charge on any atom is -0.489 e. The monoisotopic (exact) mass is 367 g/mol. The number of rotatable bonds is 8. The standard InChI is InChI=1S/C22H29N3O2/c1-24-14-16-25(17-15-24)13-5-12-23-22(26)20-8-10-21(11-9-20)27-18-19-6-3-2-4-7-19/h2-4,6-11H,5,12-18H2,1H3,(H,23,26). The van der Waals surface area contributed by atoms with Gasteiger partial charge in [-0.1, -0.05) is 30.3 Å². The van der Waals surface area contributed by atoms with E-state index >= 15 is 0 Å². The third-order valence-electron chi connectivity index (χ3n) is 4.90. The second-order valence-corrected chi connectivity index (χ2v) is 7.05. The van der Waals surface area contributed by atoms with E-state index in [1.54, 1.807) is 0 Å². The zero-order valence-electron chi connectivity index (χ0n) is 16.1. The summed E-state index contributed by atoms with van der Waals surface area (Å²) in [4.78, 5) is 17.1. The van der Waals surface area contributed by atoms with Gasteiger partial charge in [-0.25, -0.2) is 0 Å². The number of hydrogen-bond donors (Lipinski definition) is 1. The largest absolute Gasteiger partial charge is 0.489 e. The van der Waals surface area contributed by atoms with Crippen molar-refractivity contribution in [3.05, 3.63) is 65.7 Å². The van der Waals surface area contributed by atoms with E-state index in [9.17, 15) is 4.79 Å². The lowest BCUT2D eigenvalue weighted by Gasteiger charge is -2.32. The van der Waals surface area contributed by atoms with Crippen molar-refractivity contribution in [1.29, 1.82) is 0 Å². The van der Waals surface area contributed by atoms with E-state index in [2.05, 4.69) is 22.2 Å². The van der Waals surface area contributed by atoms with Gasteiger partial charge in [0, 0.05) is 38.3 Å². The molecule has 0 aliphatic carbocycles. The van der Waals surface area contributed by atoms with Crippen LogP contribution < -0.4 is 10.1 Å². The van der Waals surface area contributed by atoms with Gasteiger partial charge in [-0.05, 0) is 49.8 Å². The van der Waals surface area contributed by atoms with Crippen molar-refractivity contribution in [3.63, 3.8) is 0 Å². The molecule has 0 spiro atoms. The molecule has 0 atom stereocenters. The fraction of sp³-hybridized carbons (Fsp3) is 0.409. The summed E-state index contributed by atoms with van der Waals surface area (Å²) >= 11 is 0. The van der Waals surface area contributed by atoms with Crippen molar-refractivity contribution in [1.82, 2.24) is 15.1 Å². The normalized spacial score (nSPS) is 15.4. The molecule has 1 aliphatic rings. The third-order valence-corrected chi connectivity index (χ3v) is 4.90. The number of amides is 1. The Morgan fingerprint density at radius 2 is 1.70 bits per heavy atom. The molecule has 0 unspecified atom stereocenters. The summed E-state index contributed by atoms with van der Waals surface area (Å²) in [6.45, 7) is 6.77. The molecule has 0 bridgehead atoms. The maximum Gasteiger partial charge on any atom is 0.251 e. The number of piperazine rings is 1. The van der Waals surface area contributed by atoms with Crippen LogP contribution in [0.15, 0.2) is 54.6 Å². The number of nitrogens with zero attached hydrogens (tertiary/aromatic N) is 2. The minimum absolute atomic E-state index is 0.0250. The Balaban J connectivity index is 1.36. The molecule has 0 aromatic heterocycles. The van der Waals surface area contributed by atoms with Crippen LogP contribution in [0.2, 0.25) is 0 Å². The molecule has 144 valence electrons. The average molecular weight is 367 g/mol. The first kappa shape index (κ1) is 19.4. The lowest BCUT2D eigenvalue weighted by Crippen LogP contribution is -2.45. The predicted octanol–water partition coefficient (Wildman–Crippen LogP) is 2.63. The van der Waals surface area contributed by atoms with Crippen LogP contribution in [-0.4, -0.2) is 62.0 Å². The van der Waals surface area contributed by atoms with Crippen LogP contribution in [0.3, 0.4) is 0 Å². The molecule has 1 fully saturated rings. The van der Waals surface area contributed by atoms with Crippen molar-refractivity contribution in [3.8, 4) is 5.75 Å². The maximum atomic E-state index is 12.3. The van der Waals surface area contributed by atoms with Gasteiger partial charge < -0.3 is 19.9 Å². The smallest absolute Gasteiger partial charge is 0.251 e. The van der Waals surface area contributed by atoms with Crippen molar-refractivity contribution in [2.45, 2.75) is 13.0 Å². The Morgan fingerprint density at radius 3 is 2.41 bits per heavy atom. The Hall–Kier alpha value is -2.37. The topological polar surface area (TPSA) is 44.8 Å². The average Bonchev–Trinajstić information content (AvgIpc) is 2.72. The van der Waals surface area contributed by atoms with Crippen LogP contribution in [-0.2, 0) is 6.61 Å². The van der Waals surface area contributed by atoms with Gasteiger partial charge in [-0.2, -0.15) is 0 Å². The van der Waals surface area contributed by atoms with Crippen LogP contribution in [0.5, 0.6) is 5.75 Å². The quantitative estimate of drug-likeness (QED) is 0.729. The molecule has 2 aromatic carbocycles. The highest BCUT2D eigenvalue weighted by molar-refractivity contribution is 5.94. The Bertz CT molecular complexity index is 695. The first-order chi connectivity index (χ1) is 13.2. The maximum absolute atomic E-state index is 12.3. The molecule has 27 heavy (non-hydrogen) atoms. The molecule has 0 radical (unpaired) electrons. The van der Waals surface area contributed by atoms with E-state index in [-0.39, 0.29) is 5.91 Å². The van der Waals surface area contributed by atoms with Crippen molar-refractivity contribution in [2.75, 3.05) is 46.3 Å². The predicted molar refractivity (Wildman–Crippen MR) is 108 cm³/mol. The summed E-state index contributed by atoms with van der Waals surface area (Å²) in [6.07, 6.45) is 0.980. The van der Waals surface area contributed by atoms with Gasteiger partial charge in [0.1, 0.15) is 12.4 Å². The first-order valence-corrected chi connectivity index (χ1v) is 9.66. The SMILES string of the molecule is CN1CCN(CCCNC(=O)c2ccc(OCc3ccccc3)cc2)CC1. The van der Waals surface area contributed by atoms with Gasteiger partial charge in [-0.15, -0.1) is 0 Å². The van der Waals surface area contributed by atoms with Gasteiger partial charge in [-0.3, -0.25) is 4.79 Å². The highest BCUT2D eigenvalue weighted by atomic mass is 16.5. The summed E-state index contributed by atoms with van der Waals surface area (Å²) in [5.41, 5.74) is 1.79. The summed E-state index contributed by atoms with van der Waals surface area (Å²) in [5.74, 6) is 0.744. The highest BCUT2D eigenvalue weighted by Gasteiger charge is 2.13. The highest BCUT2D eigenvalue weighted by Crippen LogP contribution is 2.14. The summed E-state index contributed by atoms with van der Waals surface area (Å²) in [7, 11) is 2.16. The lowest BCUT2D eigenvalue weighted by atomic mass is 10.2.